The number of nitrogens with one attached hydrogen (secondary N) is 1. The lowest BCUT2D eigenvalue weighted by atomic mass is 9.77. The Morgan fingerprint density at radius 1 is 1.21 bits per heavy atom. The maximum Gasteiger partial charge on any atom is 0.0454 e. The van der Waals surface area contributed by atoms with Gasteiger partial charge < -0.3 is 5.32 Å². The maximum absolute atomic E-state index is 6.28. The van der Waals surface area contributed by atoms with Crippen molar-refractivity contribution >= 4 is 23.2 Å². The highest BCUT2D eigenvalue weighted by Crippen LogP contribution is 2.32. The molecular formula is C16H23Cl2N. The van der Waals surface area contributed by atoms with Gasteiger partial charge in [-0.1, -0.05) is 49.9 Å². The third-order valence-corrected chi connectivity index (χ3v) is 5.17. The van der Waals surface area contributed by atoms with Crippen molar-refractivity contribution < 1.29 is 0 Å². The van der Waals surface area contributed by atoms with E-state index in [2.05, 4.69) is 26.1 Å². The summed E-state index contributed by atoms with van der Waals surface area (Å²) in [4.78, 5) is 0. The van der Waals surface area contributed by atoms with Crippen molar-refractivity contribution in [2.75, 3.05) is 0 Å². The van der Waals surface area contributed by atoms with Crippen LogP contribution in [0.5, 0.6) is 0 Å². The topological polar surface area (TPSA) is 12.0 Å². The van der Waals surface area contributed by atoms with Crippen molar-refractivity contribution in [1.29, 1.82) is 0 Å². The second-order valence-corrected chi connectivity index (χ2v) is 6.77. The first-order chi connectivity index (χ1) is 8.99. The predicted molar refractivity (Wildman–Crippen MR) is 84.0 cm³/mol. The van der Waals surface area contributed by atoms with E-state index in [-0.39, 0.29) is 6.04 Å². The van der Waals surface area contributed by atoms with E-state index in [1.807, 2.05) is 18.2 Å². The first-order valence-corrected chi connectivity index (χ1v) is 7.95. The third kappa shape index (κ3) is 3.65. The largest absolute Gasteiger partial charge is 0.307 e. The van der Waals surface area contributed by atoms with E-state index in [4.69, 9.17) is 23.2 Å². The van der Waals surface area contributed by atoms with Crippen molar-refractivity contribution in [2.24, 2.45) is 11.8 Å². The Morgan fingerprint density at radius 2 is 1.95 bits per heavy atom. The molecule has 19 heavy (non-hydrogen) atoms. The Morgan fingerprint density at radius 3 is 2.68 bits per heavy atom. The van der Waals surface area contributed by atoms with Gasteiger partial charge in [0.25, 0.3) is 0 Å². The highest BCUT2D eigenvalue weighted by molar-refractivity contribution is 6.33. The minimum absolute atomic E-state index is 0.240. The zero-order valence-corrected chi connectivity index (χ0v) is 13.4. The van der Waals surface area contributed by atoms with Gasteiger partial charge in [0.1, 0.15) is 0 Å². The standard InChI is InChI=1S/C16H23Cl2N/c1-10-5-4-6-16(11(10)2)19-12(3)14-9-13(17)7-8-15(14)18/h7-12,16,19H,4-6H2,1-3H3. The second-order valence-electron chi connectivity index (χ2n) is 5.93. The Bertz CT molecular complexity index is 433. The van der Waals surface area contributed by atoms with Gasteiger partial charge in [0.2, 0.25) is 0 Å². The minimum Gasteiger partial charge on any atom is -0.307 e. The molecule has 2 rings (SSSR count). The van der Waals surface area contributed by atoms with E-state index in [0.29, 0.717) is 12.0 Å². The number of rotatable bonds is 3. The molecule has 1 N–H and O–H groups in total. The van der Waals surface area contributed by atoms with Crippen LogP contribution in [0.15, 0.2) is 18.2 Å². The molecule has 0 aromatic heterocycles. The van der Waals surface area contributed by atoms with Crippen molar-refractivity contribution in [3.63, 3.8) is 0 Å². The van der Waals surface area contributed by atoms with Gasteiger partial charge in [-0.05, 0) is 48.9 Å². The van der Waals surface area contributed by atoms with Crippen LogP contribution in [0.25, 0.3) is 0 Å². The Kier molecular flexibility index (Phi) is 5.16. The van der Waals surface area contributed by atoms with Gasteiger partial charge >= 0.3 is 0 Å². The zero-order valence-electron chi connectivity index (χ0n) is 11.9. The van der Waals surface area contributed by atoms with Gasteiger partial charge in [0.05, 0.1) is 0 Å². The molecule has 1 nitrogen and oxygen atoms in total. The number of benzene rings is 1. The molecule has 1 aliphatic carbocycles. The fourth-order valence-corrected chi connectivity index (χ4v) is 3.54. The summed E-state index contributed by atoms with van der Waals surface area (Å²) >= 11 is 12.3. The molecule has 3 heteroatoms. The van der Waals surface area contributed by atoms with Gasteiger partial charge in [0, 0.05) is 22.1 Å². The van der Waals surface area contributed by atoms with E-state index in [1.165, 1.54) is 19.3 Å². The molecule has 4 unspecified atom stereocenters. The van der Waals surface area contributed by atoms with Crippen LogP contribution in [-0.4, -0.2) is 6.04 Å². The van der Waals surface area contributed by atoms with Crippen LogP contribution >= 0.6 is 23.2 Å². The smallest absolute Gasteiger partial charge is 0.0454 e. The van der Waals surface area contributed by atoms with E-state index in [0.717, 1.165) is 21.5 Å². The highest BCUT2D eigenvalue weighted by atomic mass is 35.5. The molecule has 0 aliphatic heterocycles. The predicted octanol–water partition coefficient (Wildman–Crippen LogP) is 5.47. The maximum atomic E-state index is 6.28. The molecule has 1 aromatic carbocycles. The third-order valence-electron chi connectivity index (χ3n) is 4.60. The van der Waals surface area contributed by atoms with Gasteiger partial charge in [0.15, 0.2) is 0 Å². The average molecular weight is 300 g/mol. The lowest BCUT2D eigenvalue weighted by Crippen LogP contribution is -2.41. The summed E-state index contributed by atoms with van der Waals surface area (Å²) in [6.45, 7) is 6.88. The molecule has 4 atom stereocenters. The highest BCUT2D eigenvalue weighted by Gasteiger charge is 2.28. The first kappa shape index (κ1) is 15.2. The summed E-state index contributed by atoms with van der Waals surface area (Å²) in [6.07, 6.45) is 3.93. The van der Waals surface area contributed by atoms with Crippen LogP contribution in [0.4, 0.5) is 0 Å². The normalized spacial score (nSPS) is 29.2. The molecule has 1 saturated carbocycles. The van der Waals surface area contributed by atoms with Crippen molar-refractivity contribution in [3.05, 3.63) is 33.8 Å². The van der Waals surface area contributed by atoms with Crippen molar-refractivity contribution in [3.8, 4) is 0 Å². The molecule has 0 heterocycles. The molecule has 0 saturated heterocycles. The van der Waals surface area contributed by atoms with Gasteiger partial charge in [-0.2, -0.15) is 0 Å². The summed E-state index contributed by atoms with van der Waals surface area (Å²) < 4.78 is 0. The first-order valence-electron chi connectivity index (χ1n) is 7.20. The SMILES string of the molecule is CC(NC1CCCC(C)C1C)c1cc(Cl)ccc1Cl. The molecule has 0 bridgehead atoms. The summed E-state index contributed by atoms with van der Waals surface area (Å²) in [5, 5.41) is 5.28. The molecule has 1 aliphatic rings. The van der Waals surface area contributed by atoms with E-state index < -0.39 is 0 Å². The number of hydrogen-bond donors (Lipinski definition) is 1. The molecule has 1 fully saturated rings. The van der Waals surface area contributed by atoms with Crippen LogP contribution in [0.2, 0.25) is 10.0 Å². The summed E-state index contributed by atoms with van der Waals surface area (Å²) in [7, 11) is 0. The lowest BCUT2D eigenvalue weighted by molar-refractivity contribution is 0.196. The minimum atomic E-state index is 0.240. The van der Waals surface area contributed by atoms with Gasteiger partial charge in [-0.3, -0.25) is 0 Å². The molecule has 0 spiro atoms. The van der Waals surface area contributed by atoms with Crippen LogP contribution in [-0.2, 0) is 0 Å². The second kappa shape index (κ2) is 6.47. The zero-order chi connectivity index (χ0) is 14.0. The van der Waals surface area contributed by atoms with E-state index in [1.54, 1.807) is 0 Å². The fourth-order valence-electron chi connectivity index (χ4n) is 3.07. The molecule has 0 amide bonds. The Hall–Kier alpha value is -0.240. The average Bonchev–Trinajstić information content (AvgIpc) is 2.38. The fraction of sp³-hybridized carbons (Fsp3) is 0.625. The van der Waals surface area contributed by atoms with Crippen LogP contribution in [0, 0.1) is 11.8 Å². The van der Waals surface area contributed by atoms with Gasteiger partial charge in [-0.15, -0.1) is 0 Å². The molecular weight excluding hydrogens is 277 g/mol. The van der Waals surface area contributed by atoms with Crippen LogP contribution in [0.3, 0.4) is 0 Å². The summed E-state index contributed by atoms with van der Waals surface area (Å²) in [5.74, 6) is 1.52. The number of hydrogen-bond acceptors (Lipinski definition) is 1. The van der Waals surface area contributed by atoms with Crippen LogP contribution in [0.1, 0.15) is 51.6 Å². The Labute approximate surface area is 126 Å². The van der Waals surface area contributed by atoms with Crippen molar-refractivity contribution in [1.82, 2.24) is 5.32 Å². The summed E-state index contributed by atoms with van der Waals surface area (Å²) in [6, 6.07) is 6.51. The molecule has 1 aromatic rings. The van der Waals surface area contributed by atoms with Gasteiger partial charge in [-0.25, -0.2) is 0 Å². The quantitative estimate of drug-likeness (QED) is 0.780. The van der Waals surface area contributed by atoms with Crippen molar-refractivity contribution in [2.45, 2.75) is 52.1 Å². The summed E-state index contributed by atoms with van der Waals surface area (Å²) in [5.41, 5.74) is 1.10. The van der Waals surface area contributed by atoms with E-state index >= 15 is 0 Å². The Balaban J connectivity index is 2.08. The molecule has 0 radical (unpaired) electrons. The monoisotopic (exact) mass is 299 g/mol. The number of halogens is 2. The van der Waals surface area contributed by atoms with E-state index in [9.17, 15) is 0 Å². The molecule has 106 valence electrons. The van der Waals surface area contributed by atoms with Crippen LogP contribution < -0.4 is 5.32 Å². The lowest BCUT2D eigenvalue weighted by Gasteiger charge is -2.36.